The number of halogens is 1. The molecule has 19 heavy (non-hydrogen) atoms. The van der Waals surface area contributed by atoms with E-state index in [1.54, 1.807) is 0 Å². The van der Waals surface area contributed by atoms with Crippen LogP contribution in [0, 0.1) is 17.8 Å². The first-order chi connectivity index (χ1) is 9.06. The third-order valence-electron chi connectivity index (χ3n) is 4.98. The van der Waals surface area contributed by atoms with Gasteiger partial charge in [0.25, 0.3) is 0 Å². The van der Waals surface area contributed by atoms with Gasteiger partial charge in [0.05, 0.1) is 0 Å². The minimum atomic E-state index is 0.283. The average molecular weight is 330 g/mol. The first-order valence-electron chi connectivity index (χ1n) is 8.00. The minimum Gasteiger partial charge on any atom is -0.353 e. The van der Waals surface area contributed by atoms with Crippen molar-refractivity contribution >= 4 is 21.8 Å². The Morgan fingerprint density at radius 3 is 2.53 bits per heavy atom. The summed E-state index contributed by atoms with van der Waals surface area (Å²) in [4.78, 5) is 12.8. The van der Waals surface area contributed by atoms with Gasteiger partial charge in [-0.2, -0.15) is 0 Å². The number of carbonyl (C=O) groups excluding carboxylic acids is 1. The third-order valence-corrected chi connectivity index (χ3v) is 5.35. The van der Waals surface area contributed by atoms with E-state index >= 15 is 0 Å². The van der Waals surface area contributed by atoms with E-state index in [1.165, 1.54) is 32.1 Å². The highest BCUT2D eigenvalue weighted by Gasteiger charge is 2.35. The Bertz CT molecular complexity index is 305. The fraction of sp³-hybridized carbons (Fsp3) is 0.938. The topological polar surface area (TPSA) is 29.1 Å². The van der Waals surface area contributed by atoms with Crippen LogP contribution < -0.4 is 5.32 Å². The average Bonchev–Trinajstić information content (AvgIpc) is 2.37. The van der Waals surface area contributed by atoms with E-state index < -0.39 is 0 Å². The number of carbonyl (C=O) groups is 1. The van der Waals surface area contributed by atoms with Gasteiger partial charge in [-0.25, -0.2) is 0 Å². The van der Waals surface area contributed by atoms with Gasteiger partial charge >= 0.3 is 0 Å². The molecule has 2 aliphatic rings. The zero-order chi connectivity index (χ0) is 13.8. The van der Waals surface area contributed by atoms with Crippen LogP contribution in [0.5, 0.6) is 0 Å². The quantitative estimate of drug-likeness (QED) is 0.766. The van der Waals surface area contributed by atoms with Crippen molar-refractivity contribution in [2.75, 3.05) is 0 Å². The lowest BCUT2D eigenvalue weighted by atomic mass is 9.67. The van der Waals surface area contributed by atoms with E-state index in [9.17, 15) is 4.79 Å². The monoisotopic (exact) mass is 329 g/mol. The smallest absolute Gasteiger partial charge is 0.223 e. The number of amides is 1. The first kappa shape index (κ1) is 15.3. The van der Waals surface area contributed by atoms with Crippen LogP contribution in [-0.4, -0.2) is 16.8 Å². The standard InChI is InChI=1S/C16H28BrNO/c1-11(17)9-12(2)18-16(19)15-8-7-13-5-3-4-6-14(13)10-15/h11-15H,3-10H2,1-2H3,(H,18,19). The van der Waals surface area contributed by atoms with Crippen LogP contribution in [0.25, 0.3) is 0 Å². The van der Waals surface area contributed by atoms with Crippen molar-refractivity contribution in [3.63, 3.8) is 0 Å². The van der Waals surface area contributed by atoms with E-state index in [4.69, 9.17) is 0 Å². The van der Waals surface area contributed by atoms with E-state index in [0.29, 0.717) is 10.7 Å². The van der Waals surface area contributed by atoms with Crippen molar-refractivity contribution in [2.24, 2.45) is 17.8 Å². The molecule has 0 radical (unpaired) electrons. The third kappa shape index (κ3) is 4.47. The molecule has 5 unspecified atom stereocenters. The highest BCUT2D eigenvalue weighted by molar-refractivity contribution is 9.09. The summed E-state index contributed by atoms with van der Waals surface area (Å²) in [7, 11) is 0. The molecular weight excluding hydrogens is 302 g/mol. The number of hydrogen-bond donors (Lipinski definition) is 1. The van der Waals surface area contributed by atoms with Gasteiger partial charge in [0.15, 0.2) is 0 Å². The van der Waals surface area contributed by atoms with E-state index in [-0.39, 0.29) is 12.0 Å². The summed E-state index contributed by atoms with van der Waals surface area (Å²) in [6.07, 6.45) is 10.1. The van der Waals surface area contributed by atoms with Crippen molar-refractivity contribution in [1.82, 2.24) is 5.32 Å². The highest BCUT2D eigenvalue weighted by Crippen LogP contribution is 2.42. The molecule has 110 valence electrons. The van der Waals surface area contributed by atoms with Gasteiger partial charge < -0.3 is 5.32 Å². The Morgan fingerprint density at radius 1 is 1.16 bits per heavy atom. The van der Waals surface area contributed by atoms with Gasteiger partial charge in [0, 0.05) is 16.8 Å². The Balaban J connectivity index is 1.80. The summed E-state index contributed by atoms with van der Waals surface area (Å²) in [5.41, 5.74) is 0. The zero-order valence-electron chi connectivity index (χ0n) is 12.3. The van der Waals surface area contributed by atoms with Crippen LogP contribution in [0.4, 0.5) is 0 Å². The molecule has 0 aromatic rings. The van der Waals surface area contributed by atoms with E-state index in [0.717, 1.165) is 31.1 Å². The first-order valence-corrected chi connectivity index (χ1v) is 8.92. The molecule has 0 bridgehead atoms. The van der Waals surface area contributed by atoms with Crippen LogP contribution >= 0.6 is 15.9 Å². The molecule has 2 fully saturated rings. The van der Waals surface area contributed by atoms with Gasteiger partial charge in [-0.1, -0.05) is 48.5 Å². The zero-order valence-corrected chi connectivity index (χ0v) is 13.9. The van der Waals surface area contributed by atoms with Crippen LogP contribution in [0.1, 0.15) is 65.2 Å². The Kier molecular flexibility index (Phi) is 5.73. The molecule has 2 saturated carbocycles. The molecule has 2 rings (SSSR count). The summed E-state index contributed by atoms with van der Waals surface area (Å²) >= 11 is 3.56. The SMILES string of the molecule is CC(Br)CC(C)NC(=O)C1CCC2CCCCC2C1. The lowest BCUT2D eigenvalue weighted by Crippen LogP contribution is -2.41. The second-order valence-corrected chi connectivity index (χ2v) is 8.30. The molecule has 1 amide bonds. The van der Waals surface area contributed by atoms with Gasteiger partial charge in [0.1, 0.15) is 0 Å². The van der Waals surface area contributed by atoms with Crippen LogP contribution in [0.2, 0.25) is 0 Å². The van der Waals surface area contributed by atoms with Gasteiger partial charge in [-0.15, -0.1) is 0 Å². The van der Waals surface area contributed by atoms with Crippen LogP contribution in [0.3, 0.4) is 0 Å². The second-order valence-electron chi connectivity index (χ2n) is 6.74. The van der Waals surface area contributed by atoms with Gasteiger partial charge in [0.2, 0.25) is 5.91 Å². The van der Waals surface area contributed by atoms with Crippen molar-refractivity contribution in [3.8, 4) is 0 Å². The van der Waals surface area contributed by atoms with E-state index in [2.05, 4.69) is 35.1 Å². The van der Waals surface area contributed by atoms with Crippen molar-refractivity contribution < 1.29 is 4.79 Å². The molecule has 0 aliphatic heterocycles. The number of fused-ring (bicyclic) bond motifs is 1. The largest absolute Gasteiger partial charge is 0.353 e. The summed E-state index contributed by atoms with van der Waals surface area (Å²) in [5, 5.41) is 3.21. The molecule has 0 spiro atoms. The summed E-state index contributed by atoms with van der Waals surface area (Å²) in [5.74, 6) is 2.36. The molecule has 0 aromatic carbocycles. The van der Waals surface area contributed by atoms with E-state index in [1.807, 2.05) is 0 Å². The number of nitrogens with one attached hydrogen (secondary N) is 1. The maximum absolute atomic E-state index is 12.3. The van der Waals surface area contributed by atoms with Crippen LogP contribution in [0.15, 0.2) is 0 Å². The lowest BCUT2D eigenvalue weighted by Gasteiger charge is -2.39. The summed E-state index contributed by atoms with van der Waals surface area (Å²) in [6.45, 7) is 4.25. The summed E-state index contributed by atoms with van der Waals surface area (Å²) in [6, 6.07) is 0.283. The Morgan fingerprint density at radius 2 is 1.84 bits per heavy atom. The van der Waals surface area contributed by atoms with Crippen molar-refractivity contribution in [3.05, 3.63) is 0 Å². The van der Waals surface area contributed by atoms with Crippen LogP contribution in [-0.2, 0) is 4.79 Å². The number of rotatable bonds is 4. The second kappa shape index (κ2) is 7.10. The molecular formula is C16H28BrNO. The van der Waals surface area contributed by atoms with Crippen molar-refractivity contribution in [1.29, 1.82) is 0 Å². The van der Waals surface area contributed by atoms with Gasteiger partial charge in [-0.3, -0.25) is 4.79 Å². The predicted octanol–water partition coefficient (Wildman–Crippen LogP) is 4.27. The van der Waals surface area contributed by atoms with Gasteiger partial charge in [-0.05, 0) is 44.4 Å². The number of hydrogen-bond acceptors (Lipinski definition) is 1. The molecule has 2 nitrogen and oxygen atoms in total. The lowest BCUT2D eigenvalue weighted by molar-refractivity contribution is -0.127. The maximum atomic E-state index is 12.3. The Hall–Kier alpha value is -0.0500. The maximum Gasteiger partial charge on any atom is 0.223 e. The normalized spacial score (nSPS) is 34.2. The summed E-state index contributed by atoms with van der Waals surface area (Å²) < 4.78 is 0. The molecule has 0 heterocycles. The number of alkyl halides is 1. The minimum absolute atomic E-state index is 0.283. The molecule has 0 aromatic heterocycles. The highest BCUT2D eigenvalue weighted by atomic mass is 79.9. The molecule has 1 N–H and O–H groups in total. The molecule has 3 heteroatoms. The fourth-order valence-corrected chi connectivity index (χ4v) is 4.58. The molecule has 5 atom stereocenters. The predicted molar refractivity (Wildman–Crippen MR) is 83.4 cm³/mol. The molecule has 0 saturated heterocycles. The fourth-order valence-electron chi connectivity index (χ4n) is 4.02. The molecule has 2 aliphatic carbocycles. The Labute approximate surface area is 126 Å². The van der Waals surface area contributed by atoms with Crippen molar-refractivity contribution in [2.45, 2.75) is 76.1 Å².